The summed E-state index contributed by atoms with van der Waals surface area (Å²) in [6.45, 7) is 9.65. The van der Waals surface area contributed by atoms with E-state index in [2.05, 4.69) is 40.6 Å². The second-order valence-corrected chi connectivity index (χ2v) is 11.6. The number of carbonyl (C=O) groups excluding carboxylic acids is 1. The maximum Gasteiger partial charge on any atom is 0.179 e. The largest absolute Gasteiger partial charge is 0.361 e. The van der Waals surface area contributed by atoms with Gasteiger partial charge in [0.15, 0.2) is 10.5 Å². The van der Waals surface area contributed by atoms with Gasteiger partial charge in [0.25, 0.3) is 0 Å². The Kier molecular flexibility index (Phi) is 5.09. The molecule has 0 fully saturated rings. The highest BCUT2D eigenvalue weighted by Crippen LogP contribution is 2.12. The summed E-state index contributed by atoms with van der Waals surface area (Å²) < 4.78 is 8.01. The number of nitrogens with zero attached hydrogens (tertiary/aromatic N) is 2. The summed E-state index contributed by atoms with van der Waals surface area (Å²) in [6, 6.07) is 1.14. The van der Waals surface area contributed by atoms with Crippen LogP contribution in [0.5, 0.6) is 0 Å². The minimum absolute atomic E-state index is 0.0356. The molecule has 0 atom stereocenters. The second kappa shape index (κ2) is 5.93. The number of Topliss-reactive ketones (excluding diaryl/α,β-unsaturated/α-hetero) is 1. The minimum atomic E-state index is -1.04. The Morgan fingerprint density at radius 2 is 2.18 bits per heavy atom. The fourth-order valence-corrected chi connectivity index (χ4v) is 2.35. The van der Waals surface area contributed by atoms with Crippen molar-refractivity contribution in [1.29, 1.82) is 0 Å². The fourth-order valence-electron chi connectivity index (χ4n) is 1.19. The molecule has 0 unspecified atom stereocenters. The molecule has 0 N–H and O–H groups in total. The molecule has 0 aliphatic carbocycles. The lowest BCUT2D eigenvalue weighted by Crippen LogP contribution is -2.22. The predicted molar refractivity (Wildman–Crippen MR) is 74.0 cm³/mol. The molecule has 0 aliphatic heterocycles. The van der Waals surface area contributed by atoms with E-state index in [-0.39, 0.29) is 5.78 Å². The third-order valence-corrected chi connectivity index (χ3v) is 4.65. The van der Waals surface area contributed by atoms with Gasteiger partial charge in [-0.05, 0) is 22.0 Å². The van der Waals surface area contributed by atoms with Gasteiger partial charge in [-0.25, -0.2) is 4.98 Å². The van der Waals surface area contributed by atoms with Crippen molar-refractivity contribution in [2.24, 2.45) is 0 Å². The highest BCUT2D eigenvalue weighted by molar-refractivity contribution is 9.10. The molecule has 0 bridgehead atoms. The van der Waals surface area contributed by atoms with E-state index in [9.17, 15) is 4.79 Å². The first-order chi connectivity index (χ1) is 7.79. The van der Waals surface area contributed by atoms with Crippen LogP contribution in [0.4, 0.5) is 0 Å². The summed E-state index contributed by atoms with van der Waals surface area (Å²) in [5.41, 5.74) is 0.464. The SMILES string of the molecule is CC(=O)c1cn(COCC[Si](C)(C)C)c(Br)n1. The number of aromatic nitrogens is 2. The zero-order valence-electron chi connectivity index (χ0n) is 10.8. The Morgan fingerprint density at radius 3 is 2.65 bits per heavy atom. The van der Waals surface area contributed by atoms with Crippen molar-refractivity contribution < 1.29 is 9.53 Å². The number of ketones is 1. The number of carbonyl (C=O) groups is 1. The molecule has 0 aliphatic rings. The number of halogens is 1. The van der Waals surface area contributed by atoms with Gasteiger partial charge in [0, 0.05) is 27.8 Å². The van der Waals surface area contributed by atoms with Crippen molar-refractivity contribution in [1.82, 2.24) is 9.55 Å². The van der Waals surface area contributed by atoms with Crippen molar-refractivity contribution >= 4 is 29.8 Å². The van der Waals surface area contributed by atoms with Crippen LogP contribution in [0.3, 0.4) is 0 Å². The maximum atomic E-state index is 11.1. The first kappa shape index (κ1) is 14.6. The topological polar surface area (TPSA) is 44.1 Å². The van der Waals surface area contributed by atoms with E-state index in [4.69, 9.17) is 4.74 Å². The number of ether oxygens (including phenoxy) is 1. The van der Waals surface area contributed by atoms with Crippen LogP contribution in [0, 0.1) is 0 Å². The van der Waals surface area contributed by atoms with Crippen LogP contribution in [-0.4, -0.2) is 30.0 Å². The monoisotopic (exact) mass is 318 g/mol. The maximum absolute atomic E-state index is 11.1. The molecule has 1 rings (SSSR count). The molecule has 0 saturated heterocycles. The molecule has 0 radical (unpaired) electrons. The van der Waals surface area contributed by atoms with E-state index in [1.807, 2.05) is 0 Å². The Labute approximate surface area is 112 Å². The highest BCUT2D eigenvalue weighted by atomic mass is 79.9. The summed E-state index contributed by atoms with van der Waals surface area (Å²) >= 11 is 3.31. The molecule has 1 heterocycles. The molecule has 0 amide bonds. The molecule has 6 heteroatoms. The van der Waals surface area contributed by atoms with E-state index in [0.717, 1.165) is 12.7 Å². The van der Waals surface area contributed by atoms with Crippen LogP contribution in [-0.2, 0) is 11.5 Å². The van der Waals surface area contributed by atoms with Crippen LogP contribution in [0.15, 0.2) is 10.9 Å². The molecule has 0 saturated carbocycles. The molecular weight excluding hydrogens is 300 g/mol. The summed E-state index contributed by atoms with van der Waals surface area (Å²) in [5.74, 6) is -0.0356. The van der Waals surface area contributed by atoms with E-state index in [1.165, 1.54) is 6.92 Å². The van der Waals surface area contributed by atoms with Gasteiger partial charge < -0.3 is 9.30 Å². The van der Waals surface area contributed by atoms with Crippen LogP contribution < -0.4 is 0 Å². The summed E-state index contributed by atoms with van der Waals surface area (Å²) in [5, 5.41) is 0. The molecule has 0 spiro atoms. The quantitative estimate of drug-likeness (QED) is 0.459. The first-order valence-corrected chi connectivity index (χ1v) is 10.1. The van der Waals surface area contributed by atoms with Crippen LogP contribution in [0.1, 0.15) is 17.4 Å². The summed E-state index contributed by atoms with van der Waals surface area (Å²) in [4.78, 5) is 15.2. The average molecular weight is 319 g/mol. The van der Waals surface area contributed by atoms with Crippen molar-refractivity contribution in [2.45, 2.75) is 39.3 Å². The van der Waals surface area contributed by atoms with E-state index < -0.39 is 8.07 Å². The van der Waals surface area contributed by atoms with Gasteiger partial charge in [0.05, 0.1) is 0 Å². The van der Waals surface area contributed by atoms with E-state index in [1.54, 1.807) is 10.8 Å². The summed E-state index contributed by atoms with van der Waals surface area (Å²) in [7, 11) is -1.04. The van der Waals surface area contributed by atoms with Crippen LogP contribution in [0.2, 0.25) is 25.7 Å². The average Bonchev–Trinajstić information content (AvgIpc) is 2.54. The molecule has 96 valence electrons. The highest BCUT2D eigenvalue weighted by Gasteiger charge is 2.13. The Morgan fingerprint density at radius 1 is 1.53 bits per heavy atom. The Bertz CT molecular complexity index is 399. The van der Waals surface area contributed by atoms with Gasteiger partial charge in [0.2, 0.25) is 0 Å². The lowest BCUT2D eigenvalue weighted by Gasteiger charge is -2.15. The third-order valence-electron chi connectivity index (χ3n) is 2.32. The summed E-state index contributed by atoms with van der Waals surface area (Å²) in [6.07, 6.45) is 1.71. The minimum Gasteiger partial charge on any atom is -0.361 e. The zero-order valence-corrected chi connectivity index (χ0v) is 13.4. The van der Waals surface area contributed by atoms with Crippen molar-refractivity contribution in [3.8, 4) is 0 Å². The van der Waals surface area contributed by atoms with Gasteiger partial charge in [-0.1, -0.05) is 19.6 Å². The molecule has 1 aromatic heterocycles. The predicted octanol–water partition coefficient (Wildman–Crippen LogP) is 3.16. The number of hydrogen-bond donors (Lipinski definition) is 0. The van der Waals surface area contributed by atoms with Crippen LogP contribution in [0.25, 0.3) is 0 Å². The molecule has 4 nitrogen and oxygen atoms in total. The Balaban J connectivity index is 2.44. The molecule has 0 aromatic carbocycles. The van der Waals surface area contributed by atoms with E-state index in [0.29, 0.717) is 17.2 Å². The molecule has 17 heavy (non-hydrogen) atoms. The van der Waals surface area contributed by atoms with Gasteiger partial charge in [-0.2, -0.15) is 0 Å². The van der Waals surface area contributed by atoms with Gasteiger partial charge in [-0.3, -0.25) is 4.79 Å². The first-order valence-electron chi connectivity index (χ1n) is 5.61. The molecule has 1 aromatic rings. The number of hydrogen-bond acceptors (Lipinski definition) is 3. The van der Waals surface area contributed by atoms with Crippen molar-refractivity contribution in [2.75, 3.05) is 6.61 Å². The number of imidazole rings is 1. The lowest BCUT2D eigenvalue weighted by molar-refractivity contribution is 0.0855. The van der Waals surface area contributed by atoms with Gasteiger partial charge in [0.1, 0.15) is 12.4 Å². The van der Waals surface area contributed by atoms with Crippen molar-refractivity contribution in [3.05, 3.63) is 16.6 Å². The normalized spacial score (nSPS) is 11.8. The van der Waals surface area contributed by atoms with Crippen LogP contribution >= 0.6 is 15.9 Å². The second-order valence-electron chi connectivity index (χ2n) is 5.27. The standard InChI is InChI=1S/C11H19BrN2O2Si/c1-9(15)10-7-14(11(12)13-10)8-16-5-6-17(2,3)4/h7H,5-6,8H2,1-4H3. The zero-order chi connectivity index (χ0) is 13.1. The fraction of sp³-hybridized carbons (Fsp3) is 0.636. The van der Waals surface area contributed by atoms with E-state index >= 15 is 0 Å². The molecular formula is C11H19BrN2O2Si. The third kappa shape index (κ3) is 5.14. The van der Waals surface area contributed by atoms with Crippen molar-refractivity contribution in [3.63, 3.8) is 0 Å². The lowest BCUT2D eigenvalue weighted by atomic mass is 10.3. The number of rotatable bonds is 6. The smallest absolute Gasteiger partial charge is 0.179 e. The Hall–Kier alpha value is -0.463. The van der Waals surface area contributed by atoms with Gasteiger partial charge in [-0.15, -0.1) is 0 Å². The van der Waals surface area contributed by atoms with Gasteiger partial charge >= 0.3 is 0 Å².